The van der Waals surface area contributed by atoms with Crippen molar-refractivity contribution < 1.29 is 9.21 Å². The van der Waals surface area contributed by atoms with Crippen molar-refractivity contribution in [1.29, 1.82) is 0 Å². The molecule has 2 aromatic carbocycles. The Morgan fingerprint density at radius 2 is 1.85 bits per heavy atom. The Morgan fingerprint density at radius 1 is 1.06 bits per heavy atom. The average Bonchev–Trinajstić information content (AvgIpc) is 3.41. The summed E-state index contributed by atoms with van der Waals surface area (Å²) < 4.78 is 6.98. The molecule has 0 atom stereocenters. The van der Waals surface area contributed by atoms with Gasteiger partial charge in [-0.3, -0.25) is 9.69 Å². The SMILES string of the molecule is C=C/C=C\C=C(/C)C1=C/C(=C\c2ccc(-c3ccc(Cl)c(Cl)c3)o2)C(=O)N1c1ccccc1I. The fraction of sp³-hybridized carbons (Fsp3) is 0.0357. The van der Waals surface area contributed by atoms with Crippen LogP contribution >= 0.6 is 45.8 Å². The maximum atomic E-state index is 13.5. The minimum Gasteiger partial charge on any atom is -0.457 e. The zero-order chi connectivity index (χ0) is 24.2. The molecule has 0 bridgehead atoms. The number of allylic oxidation sites excluding steroid dienone is 5. The van der Waals surface area contributed by atoms with Crippen LogP contribution in [0.5, 0.6) is 0 Å². The van der Waals surface area contributed by atoms with Crippen molar-refractivity contribution in [2.75, 3.05) is 4.90 Å². The first-order chi connectivity index (χ1) is 16.4. The first-order valence-corrected chi connectivity index (χ1v) is 12.3. The van der Waals surface area contributed by atoms with E-state index in [1.807, 2.05) is 73.7 Å². The number of nitrogens with zero attached hydrogens (tertiary/aromatic N) is 1. The highest BCUT2D eigenvalue weighted by molar-refractivity contribution is 14.1. The molecule has 170 valence electrons. The van der Waals surface area contributed by atoms with Crippen LogP contribution in [0.2, 0.25) is 10.0 Å². The number of rotatable bonds is 6. The Hall–Kier alpha value is -2.80. The Balaban J connectivity index is 1.73. The summed E-state index contributed by atoms with van der Waals surface area (Å²) in [5.74, 6) is 1.09. The van der Waals surface area contributed by atoms with Gasteiger partial charge in [0.05, 0.1) is 21.4 Å². The van der Waals surface area contributed by atoms with Crippen molar-refractivity contribution in [2.45, 2.75) is 6.92 Å². The largest absolute Gasteiger partial charge is 0.457 e. The normalized spacial score (nSPS) is 15.5. The van der Waals surface area contributed by atoms with Crippen LogP contribution in [0.15, 0.2) is 113 Å². The molecule has 0 spiro atoms. The van der Waals surface area contributed by atoms with E-state index in [1.54, 1.807) is 29.2 Å². The molecule has 0 saturated carbocycles. The third-order valence-electron chi connectivity index (χ3n) is 5.20. The van der Waals surface area contributed by atoms with E-state index in [4.69, 9.17) is 27.6 Å². The maximum absolute atomic E-state index is 13.5. The number of benzene rings is 2. The molecule has 3 nitrogen and oxygen atoms in total. The lowest BCUT2D eigenvalue weighted by molar-refractivity contribution is -0.113. The Labute approximate surface area is 222 Å². The lowest BCUT2D eigenvalue weighted by Crippen LogP contribution is -2.26. The third kappa shape index (κ3) is 5.14. The zero-order valence-corrected chi connectivity index (χ0v) is 21.9. The smallest absolute Gasteiger partial charge is 0.263 e. The van der Waals surface area contributed by atoms with Gasteiger partial charge in [-0.25, -0.2) is 0 Å². The lowest BCUT2D eigenvalue weighted by atomic mass is 10.1. The van der Waals surface area contributed by atoms with Crippen LogP contribution in [0.25, 0.3) is 17.4 Å². The first-order valence-electron chi connectivity index (χ1n) is 10.4. The number of carbonyl (C=O) groups is 1. The van der Waals surface area contributed by atoms with Gasteiger partial charge in [0.2, 0.25) is 0 Å². The molecule has 0 N–H and O–H groups in total. The molecule has 34 heavy (non-hydrogen) atoms. The number of carbonyl (C=O) groups excluding carboxylic acids is 1. The number of anilines is 1. The zero-order valence-electron chi connectivity index (χ0n) is 18.3. The number of para-hydroxylation sites is 1. The molecule has 3 aromatic rings. The van der Waals surface area contributed by atoms with E-state index in [0.717, 1.165) is 26.1 Å². The van der Waals surface area contributed by atoms with Crippen LogP contribution in [0.3, 0.4) is 0 Å². The fourth-order valence-electron chi connectivity index (χ4n) is 3.53. The van der Waals surface area contributed by atoms with Gasteiger partial charge >= 0.3 is 0 Å². The van der Waals surface area contributed by atoms with Gasteiger partial charge in [-0.05, 0) is 89.7 Å². The number of hydrogen-bond acceptors (Lipinski definition) is 2. The van der Waals surface area contributed by atoms with Gasteiger partial charge in [-0.2, -0.15) is 0 Å². The molecule has 0 aliphatic carbocycles. The van der Waals surface area contributed by atoms with Crippen LogP contribution in [0.4, 0.5) is 5.69 Å². The summed E-state index contributed by atoms with van der Waals surface area (Å²) in [6, 6.07) is 16.8. The van der Waals surface area contributed by atoms with E-state index in [1.165, 1.54) is 0 Å². The molecule has 1 aromatic heterocycles. The molecule has 0 radical (unpaired) electrons. The molecular weight excluding hydrogens is 580 g/mol. The summed E-state index contributed by atoms with van der Waals surface area (Å²) in [4.78, 5) is 15.3. The molecule has 2 heterocycles. The van der Waals surface area contributed by atoms with E-state index in [-0.39, 0.29) is 5.91 Å². The molecule has 1 amide bonds. The molecule has 6 heteroatoms. The second-order valence-corrected chi connectivity index (χ2v) is 9.50. The van der Waals surface area contributed by atoms with E-state index in [2.05, 4.69) is 29.2 Å². The highest BCUT2D eigenvalue weighted by Gasteiger charge is 2.31. The summed E-state index contributed by atoms with van der Waals surface area (Å²) in [7, 11) is 0. The summed E-state index contributed by atoms with van der Waals surface area (Å²) in [5, 5.41) is 0.936. The predicted octanol–water partition coefficient (Wildman–Crippen LogP) is 8.86. The summed E-state index contributed by atoms with van der Waals surface area (Å²) >= 11 is 14.4. The average molecular weight is 600 g/mol. The summed E-state index contributed by atoms with van der Waals surface area (Å²) in [6.07, 6.45) is 11.1. The first kappa shape index (κ1) is 24.3. The van der Waals surface area contributed by atoms with Gasteiger partial charge in [0.25, 0.3) is 5.91 Å². The molecule has 1 aliphatic rings. The molecule has 0 saturated heterocycles. The molecule has 4 rings (SSSR count). The van der Waals surface area contributed by atoms with Crippen LogP contribution in [-0.2, 0) is 4.79 Å². The minimum absolute atomic E-state index is 0.118. The van der Waals surface area contributed by atoms with Crippen molar-refractivity contribution in [1.82, 2.24) is 0 Å². The Morgan fingerprint density at radius 3 is 2.59 bits per heavy atom. The van der Waals surface area contributed by atoms with Gasteiger partial charge in [0.1, 0.15) is 11.5 Å². The van der Waals surface area contributed by atoms with Crippen LogP contribution in [0, 0.1) is 3.57 Å². The fourth-order valence-corrected chi connectivity index (χ4v) is 4.46. The molecule has 0 unspecified atom stereocenters. The van der Waals surface area contributed by atoms with Gasteiger partial charge < -0.3 is 4.42 Å². The van der Waals surface area contributed by atoms with Gasteiger partial charge in [0.15, 0.2) is 0 Å². The van der Waals surface area contributed by atoms with Gasteiger partial charge in [0, 0.05) is 14.7 Å². The van der Waals surface area contributed by atoms with Crippen molar-refractivity contribution >= 4 is 63.5 Å². The number of furan rings is 1. The Kier molecular flexibility index (Phi) is 7.61. The van der Waals surface area contributed by atoms with Crippen molar-refractivity contribution in [2.24, 2.45) is 0 Å². The van der Waals surface area contributed by atoms with E-state index >= 15 is 0 Å². The van der Waals surface area contributed by atoms with Crippen LogP contribution < -0.4 is 4.90 Å². The van der Waals surface area contributed by atoms with E-state index < -0.39 is 0 Å². The predicted molar refractivity (Wildman–Crippen MR) is 150 cm³/mol. The van der Waals surface area contributed by atoms with E-state index in [9.17, 15) is 4.79 Å². The number of halogens is 3. The third-order valence-corrected chi connectivity index (χ3v) is 6.85. The molecule has 0 fully saturated rings. The van der Waals surface area contributed by atoms with Crippen LogP contribution in [0.1, 0.15) is 12.7 Å². The summed E-state index contributed by atoms with van der Waals surface area (Å²) in [5.41, 5.74) is 3.93. The van der Waals surface area contributed by atoms with Crippen molar-refractivity contribution in [3.63, 3.8) is 0 Å². The molecular formula is C28H20Cl2INO2. The minimum atomic E-state index is -0.118. The second-order valence-electron chi connectivity index (χ2n) is 7.52. The Bertz CT molecular complexity index is 1390. The quantitative estimate of drug-likeness (QED) is 0.161. The van der Waals surface area contributed by atoms with Crippen molar-refractivity contribution in [3.8, 4) is 11.3 Å². The van der Waals surface area contributed by atoms with Crippen molar-refractivity contribution in [3.05, 3.63) is 128 Å². The topological polar surface area (TPSA) is 33.5 Å². The molecule has 1 aliphatic heterocycles. The van der Waals surface area contributed by atoms with Crippen LogP contribution in [-0.4, -0.2) is 5.91 Å². The highest BCUT2D eigenvalue weighted by atomic mass is 127. The highest BCUT2D eigenvalue weighted by Crippen LogP contribution is 2.36. The standard InChI is InChI=1S/C28H20Cl2INO2/c1-3-4-5-8-18(2)26-17-20(28(33)32(26)25-10-7-6-9-24(25)31)15-21-12-14-27(34-21)19-11-13-22(29)23(30)16-19/h3-17H,1H2,2H3/b5-4-,18-8+,20-15+. The van der Waals surface area contributed by atoms with Gasteiger partial charge in [-0.1, -0.05) is 66.2 Å². The lowest BCUT2D eigenvalue weighted by Gasteiger charge is -2.22. The maximum Gasteiger partial charge on any atom is 0.263 e. The second kappa shape index (κ2) is 10.6. The summed E-state index contributed by atoms with van der Waals surface area (Å²) in [6.45, 7) is 5.68. The number of amides is 1. The monoisotopic (exact) mass is 599 g/mol. The van der Waals surface area contributed by atoms with E-state index in [0.29, 0.717) is 27.1 Å². The van der Waals surface area contributed by atoms with Gasteiger partial charge in [-0.15, -0.1) is 0 Å². The number of hydrogen-bond donors (Lipinski definition) is 0.